The van der Waals surface area contributed by atoms with Crippen LogP contribution in [0.4, 0.5) is 8.78 Å². The maximum atomic E-state index is 12.8. The predicted molar refractivity (Wildman–Crippen MR) is 56.2 cm³/mol. The number of carbonyl (C=O) groups is 1. The number of rotatable bonds is 4. The molecule has 1 heterocycles. The van der Waals surface area contributed by atoms with E-state index >= 15 is 0 Å². The van der Waals surface area contributed by atoms with Crippen molar-refractivity contribution >= 4 is 5.97 Å². The monoisotopic (exact) mass is 245 g/mol. The van der Waals surface area contributed by atoms with Crippen LogP contribution in [0, 0.1) is 6.92 Å². The Balaban J connectivity index is 3.26. The van der Waals surface area contributed by atoms with Gasteiger partial charge in [-0.2, -0.15) is 0 Å². The van der Waals surface area contributed by atoms with Crippen LogP contribution in [0.3, 0.4) is 0 Å². The lowest BCUT2D eigenvalue weighted by Crippen LogP contribution is -2.11. The smallest absolute Gasteiger partial charge is 0.310 e. The van der Waals surface area contributed by atoms with Gasteiger partial charge in [-0.05, 0) is 6.92 Å². The molecule has 1 aromatic rings. The SMILES string of the molecule is COC(=O)Cc1c(OC)cc(C)nc1C(F)F. The van der Waals surface area contributed by atoms with Crippen molar-refractivity contribution in [1.29, 1.82) is 0 Å². The highest BCUT2D eigenvalue weighted by atomic mass is 19.3. The normalized spacial score (nSPS) is 10.5. The summed E-state index contributed by atoms with van der Waals surface area (Å²) in [5, 5.41) is 0. The summed E-state index contributed by atoms with van der Waals surface area (Å²) in [7, 11) is 2.54. The van der Waals surface area contributed by atoms with E-state index in [0.29, 0.717) is 5.69 Å². The Morgan fingerprint density at radius 1 is 1.47 bits per heavy atom. The van der Waals surface area contributed by atoms with Crippen LogP contribution >= 0.6 is 0 Å². The second kappa shape index (κ2) is 5.56. The number of carbonyl (C=O) groups excluding carboxylic acids is 1. The number of halogens is 2. The molecule has 0 aliphatic heterocycles. The zero-order chi connectivity index (χ0) is 13.0. The van der Waals surface area contributed by atoms with Gasteiger partial charge in [0.05, 0.1) is 20.6 Å². The molecule has 0 bridgehead atoms. The molecule has 1 rings (SSSR count). The first-order valence-corrected chi connectivity index (χ1v) is 4.89. The van der Waals surface area contributed by atoms with E-state index in [-0.39, 0.29) is 17.7 Å². The van der Waals surface area contributed by atoms with E-state index < -0.39 is 18.1 Å². The quantitative estimate of drug-likeness (QED) is 0.762. The van der Waals surface area contributed by atoms with E-state index in [1.165, 1.54) is 20.3 Å². The zero-order valence-corrected chi connectivity index (χ0v) is 9.79. The third kappa shape index (κ3) is 3.12. The predicted octanol–water partition coefficient (Wildman–Crippen LogP) is 2.05. The Morgan fingerprint density at radius 2 is 2.12 bits per heavy atom. The van der Waals surface area contributed by atoms with Crippen molar-refractivity contribution in [2.24, 2.45) is 0 Å². The van der Waals surface area contributed by atoms with Crippen LogP contribution in [0.2, 0.25) is 0 Å². The lowest BCUT2D eigenvalue weighted by Gasteiger charge is -2.13. The molecule has 0 aliphatic carbocycles. The Bertz CT molecular complexity index is 421. The lowest BCUT2D eigenvalue weighted by atomic mass is 10.1. The van der Waals surface area contributed by atoms with Crippen molar-refractivity contribution in [1.82, 2.24) is 4.98 Å². The highest BCUT2D eigenvalue weighted by Crippen LogP contribution is 2.29. The number of pyridine rings is 1. The van der Waals surface area contributed by atoms with Crippen molar-refractivity contribution in [3.8, 4) is 5.75 Å². The van der Waals surface area contributed by atoms with E-state index in [0.717, 1.165) is 0 Å². The van der Waals surface area contributed by atoms with Crippen LogP contribution < -0.4 is 4.74 Å². The van der Waals surface area contributed by atoms with Gasteiger partial charge < -0.3 is 9.47 Å². The molecule has 0 fully saturated rings. The van der Waals surface area contributed by atoms with Gasteiger partial charge in [-0.3, -0.25) is 9.78 Å². The highest BCUT2D eigenvalue weighted by Gasteiger charge is 2.22. The standard InChI is InChI=1S/C11H13F2NO3/c1-6-4-8(16-2)7(5-9(15)17-3)10(14-6)11(12)13/h4,11H,5H2,1-3H3. The average molecular weight is 245 g/mol. The van der Waals surface area contributed by atoms with Crippen molar-refractivity contribution in [3.05, 3.63) is 23.0 Å². The summed E-state index contributed by atoms with van der Waals surface area (Å²) in [6.45, 7) is 1.58. The summed E-state index contributed by atoms with van der Waals surface area (Å²) in [5.41, 5.74) is 0.0398. The van der Waals surface area contributed by atoms with Crippen LogP contribution in [-0.4, -0.2) is 25.2 Å². The number of esters is 1. The molecule has 0 unspecified atom stereocenters. The number of methoxy groups -OCH3 is 2. The number of aryl methyl sites for hydroxylation is 1. The van der Waals surface area contributed by atoms with E-state index in [4.69, 9.17) is 4.74 Å². The Hall–Kier alpha value is -1.72. The van der Waals surface area contributed by atoms with Crippen molar-refractivity contribution in [2.45, 2.75) is 19.8 Å². The third-order valence-electron chi connectivity index (χ3n) is 2.22. The summed E-state index contributed by atoms with van der Waals surface area (Å²) in [5.74, 6) is -0.394. The van der Waals surface area contributed by atoms with E-state index in [1.807, 2.05) is 0 Å². The van der Waals surface area contributed by atoms with E-state index in [9.17, 15) is 13.6 Å². The minimum absolute atomic E-state index is 0.0694. The maximum Gasteiger partial charge on any atom is 0.310 e. The van der Waals surface area contributed by atoms with Gasteiger partial charge in [0.2, 0.25) is 0 Å². The number of hydrogen-bond donors (Lipinski definition) is 0. The molecule has 0 radical (unpaired) electrons. The molecule has 0 saturated heterocycles. The molecule has 0 saturated carbocycles. The van der Waals surface area contributed by atoms with Crippen LogP contribution in [-0.2, 0) is 16.0 Å². The van der Waals surface area contributed by atoms with Gasteiger partial charge in [-0.15, -0.1) is 0 Å². The average Bonchev–Trinajstić information content (AvgIpc) is 2.30. The van der Waals surface area contributed by atoms with Gasteiger partial charge in [0.15, 0.2) is 0 Å². The van der Waals surface area contributed by atoms with Gasteiger partial charge in [0.1, 0.15) is 11.4 Å². The summed E-state index contributed by atoms with van der Waals surface area (Å²) in [6.07, 6.45) is -3.05. The molecule has 0 aromatic carbocycles. The van der Waals surface area contributed by atoms with Crippen LogP contribution in [0.5, 0.6) is 5.75 Å². The molecule has 6 heteroatoms. The molecule has 0 aliphatic rings. The summed E-state index contributed by atoms with van der Waals surface area (Å²) >= 11 is 0. The Labute approximate surface area is 97.6 Å². The third-order valence-corrected chi connectivity index (χ3v) is 2.22. The van der Waals surface area contributed by atoms with Gasteiger partial charge in [0.25, 0.3) is 6.43 Å². The van der Waals surface area contributed by atoms with Gasteiger partial charge in [-0.25, -0.2) is 8.78 Å². The second-order valence-corrected chi connectivity index (χ2v) is 3.38. The Morgan fingerprint density at radius 3 is 2.59 bits per heavy atom. The molecule has 17 heavy (non-hydrogen) atoms. The first-order valence-electron chi connectivity index (χ1n) is 4.89. The highest BCUT2D eigenvalue weighted by molar-refractivity contribution is 5.74. The number of hydrogen-bond acceptors (Lipinski definition) is 4. The second-order valence-electron chi connectivity index (χ2n) is 3.38. The largest absolute Gasteiger partial charge is 0.496 e. The Kier molecular flexibility index (Phi) is 4.37. The zero-order valence-electron chi connectivity index (χ0n) is 9.79. The van der Waals surface area contributed by atoms with Crippen molar-refractivity contribution in [3.63, 3.8) is 0 Å². The first-order chi connectivity index (χ1) is 7.99. The number of nitrogens with zero attached hydrogens (tertiary/aromatic N) is 1. The molecular weight excluding hydrogens is 232 g/mol. The number of alkyl halides is 2. The molecule has 0 N–H and O–H groups in total. The molecule has 1 aromatic heterocycles. The van der Waals surface area contributed by atoms with Crippen LogP contribution in [0.1, 0.15) is 23.4 Å². The number of aromatic nitrogens is 1. The molecule has 0 spiro atoms. The van der Waals surface area contributed by atoms with Gasteiger partial charge >= 0.3 is 5.97 Å². The van der Waals surface area contributed by atoms with E-state index in [2.05, 4.69) is 9.72 Å². The van der Waals surface area contributed by atoms with E-state index in [1.54, 1.807) is 6.92 Å². The molecule has 94 valence electrons. The maximum absolute atomic E-state index is 12.8. The molecule has 0 atom stereocenters. The molecular formula is C11H13F2NO3. The van der Waals surface area contributed by atoms with Crippen LogP contribution in [0.25, 0.3) is 0 Å². The fourth-order valence-electron chi connectivity index (χ4n) is 1.45. The van der Waals surface area contributed by atoms with Crippen molar-refractivity contribution in [2.75, 3.05) is 14.2 Å². The molecule has 4 nitrogen and oxygen atoms in total. The van der Waals surface area contributed by atoms with Gasteiger partial charge in [-0.1, -0.05) is 0 Å². The van der Waals surface area contributed by atoms with Crippen LogP contribution in [0.15, 0.2) is 6.07 Å². The minimum Gasteiger partial charge on any atom is -0.496 e. The topological polar surface area (TPSA) is 48.4 Å². The fraction of sp³-hybridized carbons (Fsp3) is 0.455. The minimum atomic E-state index is -2.76. The molecule has 0 amide bonds. The summed E-state index contributed by atoms with van der Waals surface area (Å²) in [6, 6.07) is 1.50. The summed E-state index contributed by atoms with van der Waals surface area (Å²) < 4.78 is 35.0. The fourth-order valence-corrected chi connectivity index (χ4v) is 1.45. The number of ether oxygens (including phenoxy) is 2. The van der Waals surface area contributed by atoms with Crippen molar-refractivity contribution < 1.29 is 23.0 Å². The summed E-state index contributed by atoms with van der Waals surface area (Å²) in [4.78, 5) is 14.9. The van der Waals surface area contributed by atoms with Gasteiger partial charge in [0, 0.05) is 17.3 Å². The first kappa shape index (κ1) is 13.3. The lowest BCUT2D eigenvalue weighted by molar-refractivity contribution is -0.139.